The van der Waals surface area contributed by atoms with Gasteiger partial charge in [-0.1, -0.05) is 13.3 Å². The number of nitrogens with one attached hydrogen (secondary N) is 2. The lowest BCUT2D eigenvalue weighted by molar-refractivity contribution is -0.386. The summed E-state index contributed by atoms with van der Waals surface area (Å²) < 4.78 is 4.82. The van der Waals surface area contributed by atoms with Crippen LogP contribution in [0.15, 0.2) is 15.8 Å². The van der Waals surface area contributed by atoms with E-state index in [1.807, 2.05) is 11.9 Å². The van der Waals surface area contributed by atoms with Crippen molar-refractivity contribution in [3.8, 4) is 0 Å². The van der Waals surface area contributed by atoms with Crippen LogP contribution in [-0.2, 0) is 9.53 Å². The highest BCUT2D eigenvalue weighted by Gasteiger charge is 2.43. The lowest BCUT2D eigenvalue weighted by Crippen LogP contribution is -2.23. The summed E-state index contributed by atoms with van der Waals surface area (Å²) in [4.78, 5) is 43.8. The number of aromatic amines is 2. The Morgan fingerprint density at radius 2 is 2.20 bits per heavy atom. The van der Waals surface area contributed by atoms with E-state index in [0.29, 0.717) is 0 Å². The fraction of sp³-hybridized carbons (Fsp3) is 0.500. The van der Waals surface area contributed by atoms with Gasteiger partial charge in [-0.3, -0.25) is 19.9 Å². The van der Waals surface area contributed by atoms with Gasteiger partial charge in [0.2, 0.25) is 0 Å². The number of nitro groups is 1. The van der Waals surface area contributed by atoms with Gasteiger partial charge < -0.3 is 14.8 Å². The predicted molar refractivity (Wildman–Crippen MR) is 65.5 cm³/mol. The average molecular weight is 287 g/mol. The number of hydrogen-bond acceptors (Lipinski definition) is 6. The van der Waals surface area contributed by atoms with Gasteiger partial charge in [-0.15, -0.1) is 0 Å². The van der Waals surface area contributed by atoms with Crippen molar-refractivity contribution in [2.24, 2.45) is 0 Å². The minimum Gasteiger partial charge on any atom is -0.479 e. The van der Waals surface area contributed by atoms with Crippen molar-refractivity contribution in [2.45, 2.75) is 32.0 Å². The average Bonchev–Trinajstić information content (AvgIpc) is 3.09. The normalized spacial score (nSPS) is 19.6. The number of aromatic nitrogens is 2. The number of hydrogen-bond donors (Lipinski definition) is 3. The zero-order valence-corrected chi connectivity index (χ0v) is 10.5. The molecule has 0 saturated carbocycles. The summed E-state index contributed by atoms with van der Waals surface area (Å²) in [5.41, 5.74) is -2.44. The Bertz CT molecular complexity index is 605. The first-order valence-electron chi connectivity index (χ1n) is 5.71. The van der Waals surface area contributed by atoms with Gasteiger partial charge in [-0.05, 0) is 6.42 Å². The summed E-state index contributed by atoms with van der Waals surface area (Å²) in [5, 5.41) is 18.3. The van der Waals surface area contributed by atoms with Crippen molar-refractivity contribution in [1.29, 1.82) is 0 Å². The number of H-pyrrole nitrogens is 2. The van der Waals surface area contributed by atoms with Crippen LogP contribution in [0.4, 0.5) is 5.69 Å². The third kappa shape index (κ3) is 4.31. The fourth-order valence-electron chi connectivity index (χ4n) is 1.40. The van der Waals surface area contributed by atoms with Crippen LogP contribution in [0.5, 0.6) is 0 Å². The van der Waals surface area contributed by atoms with E-state index in [0.717, 1.165) is 19.0 Å². The van der Waals surface area contributed by atoms with Gasteiger partial charge in [-0.2, -0.15) is 0 Å². The van der Waals surface area contributed by atoms with Gasteiger partial charge in [0.05, 0.1) is 17.2 Å². The molecule has 1 aliphatic heterocycles. The van der Waals surface area contributed by atoms with E-state index in [1.165, 1.54) is 0 Å². The first-order chi connectivity index (χ1) is 9.36. The Kier molecular flexibility index (Phi) is 5.15. The number of nitrogens with zero attached hydrogens (tertiary/aromatic N) is 1. The number of rotatable bonds is 4. The van der Waals surface area contributed by atoms with Gasteiger partial charge in [0.1, 0.15) is 0 Å². The zero-order valence-electron chi connectivity index (χ0n) is 10.5. The maximum Gasteiger partial charge on any atom is 0.349 e. The quantitative estimate of drug-likeness (QED) is 0.386. The van der Waals surface area contributed by atoms with Gasteiger partial charge in [0.25, 0.3) is 0 Å². The third-order valence-corrected chi connectivity index (χ3v) is 2.40. The first-order valence-corrected chi connectivity index (χ1v) is 5.71. The van der Waals surface area contributed by atoms with Crippen molar-refractivity contribution in [1.82, 2.24) is 9.97 Å². The Labute approximate surface area is 111 Å². The molecule has 1 aliphatic rings. The first kappa shape index (κ1) is 15.6. The second kappa shape index (κ2) is 6.61. The molecule has 1 aromatic heterocycles. The summed E-state index contributed by atoms with van der Waals surface area (Å²) in [6.07, 6.45) is 2.13. The third-order valence-electron chi connectivity index (χ3n) is 2.40. The highest BCUT2D eigenvalue weighted by Crippen LogP contribution is 2.26. The predicted octanol–water partition coefficient (Wildman–Crippen LogP) is -0.390. The summed E-state index contributed by atoms with van der Waals surface area (Å²) in [7, 11) is 0. The second-order valence-corrected chi connectivity index (χ2v) is 3.94. The van der Waals surface area contributed by atoms with Gasteiger partial charge in [0, 0.05) is 0 Å². The lowest BCUT2D eigenvalue weighted by atomic mass is 10.2. The largest absolute Gasteiger partial charge is 0.479 e. The molecule has 110 valence electrons. The lowest BCUT2D eigenvalue weighted by Gasteiger charge is -1.85. The summed E-state index contributed by atoms with van der Waals surface area (Å²) >= 11 is 0. The van der Waals surface area contributed by atoms with Crippen LogP contribution in [0.2, 0.25) is 0 Å². The smallest absolute Gasteiger partial charge is 0.349 e. The minimum absolute atomic E-state index is 0.00694. The molecule has 0 bridgehead atoms. The molecule has 2 unspecified atom stereocenters. The molecule has 2 atom stereocenters. The molecule has 3 N–H and O–H groups in total. The van der Waals surface area contributed by atoms with E-state index < -0.39 is 33.9 Å². The number of epoxide rings is 1. The molecule has 10 nitrogen and oxygen atoms in total. The molecule has 2 heterocycles. The number of carboxylic acid groups (broad SMARTS) is 1. The van der Waals surface area contributed by atoms with Crippen LogP contribution in [0.3, 0.4) is 0 Å². The molecule has 1 aromatic rings. The fourth-order valence-corrected chi connectivity index (χ4v) is 1.40. The molecule has 10 heteroatoms. The Balaban J connectivity index is 0.000000204. The highest BCUT2D eigenvalue weighted by atomic mass is 16.6. The van der Waals surface area contributed by atoms with Crippen LogP contribution >= 0.6 is 0 Å². The molecular formula is C10H13N3O7. The molecular weight excluding hydrogens is 274 g/mol. The van der Waals surface area contributed by atoms with Crippen LogP contribution in [0.25, 0.3) is 0 Å². The van der Waals surface area contributed by atoms with E-state index in [9.17, 15) is 24.5 Å². The summed E-state index contributed by atoms with van der Waals surface area (Å²) in [5.74, 6) is -0.826. The van der Waals surface area contributed by atoms with Crippen molar-refractivity contribution in [2.75, 3.05) is 0 Å². The Morgan fingerprint density at radius 3 is 2.60 bits per heavy atom. The van der Waals surface area contributed by atoms with Crippen molar-refractivity contribution < 1.29 is 19.6 Å². The van der Waals surface area contributed by atoms with E-state index in [-0.39, 0.29) is 6.10 Å². The molecule has 1 fully saturated rings. The number of ether oxygens (including phenoxy) is 1. The van der Waals surface area contributed by atoms with Gasteiger partial charge in [0.15, 0.2) is 6.10 Å². The van der Waals surface area contributed by atoms with Crippen molar-refractivity contribution in [3.05, 3.63) is 37.1 Å². The number of carboxylic acids is 1. The monoisotopic (exact) mass is 287 g/mol. The molecule has 20 heavy (non-hydrogen) atoms. The van der Waals surface area contributed by atoms with Gasteiger partial charge >= 0.3 is 22.9 Å². The van der Waals surface area contributed by atoms with Crippen LogP contribution in [0.1, 0.15) is 19.8 Å². The van der Waals surface area contributed by atoms with Crippen molar-refractivity contribution in [3.63, 3.8) is 0 Å². The maximum atomic E-state index is 10.6. The van der Waals surface area contributed by atoms with E-state index >= 15 is 0 Å². The Hall–Kier alpha value is -2.49. The molecule has 0 radical (unpaired) electrons. The molecule has 0 aromatic carbocycles. The van der Waals surface area contributed by atoms with Crippen LogP contribution in [-0.4, -0.2) is 38.2 Å². The van der Waals surface area contributed by atoms with Crippen LogP contribution in [0, 0.1) is 10.1 Å². The molecule has 0 spiro atoms. The van der Waals surface area contributed by atoms with E-state index in [2.05, 4.69) is 0 Å². The van der Waals surface area contributed by atoms with E-state index in [1.54, 1.807) is 4.98 Å². The topological polar surface area (TPSA) is 159 Å². The van der Waals surface area contributed by atoms with Crippen LogP contribution < -0.4 is 11.2 Å². The van der Waals surface area contributed by atoms with Gasteiger partial charge in [-0.25, -0.2) is 9.59 Å². The standard InChI is InChI=1S/C6H10O3.C4H3N3O4/c1-2-3-4-5(9-4)6(7)8;8-3-2(7(10)11)1-5-4(9)6-3/h4-5H,2-3H2,1H3,(H,7,8);1H,(H2,5,6,8,9). The van der Waals surface area contributed by atoms with E-state index in [4.69, 9.17) is 9.84 Å². The SMILES string of the molecule is CCCC1OC1C(=O)O.O=c1[nH]cc([N+](=O)[O-])c(=O)[nH]1. The van der Waals surface area contributed by atoms with Crippen molar-refractivity contribution >= 4 is 11.7 Å². The Morgan fingerprint density at radius 1 is 1.55 bits per heavy atom. The minimum atomic E-state index is -1.00. The summed E-state index contributed by atoms with van der Waals surface area (Å²) in [6, 6.07) is 0. The second-order valence-electron chi connectivity index (χ2n) is 3.94. The number of carbonyl (C=O) groups is 1. The number of aliphatic carboxylic acids is 1. The molecule has 2 rings (SSSR count). The highest BCUT2D eigenvalue weighted by molar-refractivity contribution is 5.75. The zero-order chi connectivity index (χ0) is 15.3. The summed E-state index contributed by atoms with van der Waals surface area (Å²) in [6.45, 7) is 2.01. The maximum absolute atomic E-state index is 10.6. The molecule has 1 saturated heterocycles. The molecule has 0 amide bonds. The molecule has 0 aliphatic carbocycles.